The summed E-state index contributed by atoms with van der Waals surface area (Å²) >= 11 is 0. The first-order valence-corrected chi connectivity index (χ1v) is 7.17. The topological polar surface area (TPSA) is 12.9 Å². The van der Waals surface area contributed by atoms with Crippen LogP contribution in [-0.4, -0.2) is 4.98 Å². The van der Waals surface area contributed by atoms with Crippen LogP contribution in [0, 0.1) is 5.92 Å². The molecule has 0 aliphatic rings. The van der Waals surface area contributed by atoms with Crippen LogP contribution in [0.2, 0.25) is 0 Å². The lowest BCUT2D eigenvalue weighted by Gasteiger charge is -2.10. The Bertz CT molecular complexity index is 714. The number of pyridine rings is 1. The van der Waals surface area contributed by atoms with Gasteiger partial charge in [-0.3, -0.25) is 4.98 Å². The second kappa shape index (κ2) is 5.46. The van der Waals surface area contributed by atoms with E-state index in [9.17, 15) is 0 Å². The van der Waals surface area contributed by atoms with Gasteiger partial charge in [0.15, 0.2) is 0 Å². The van der Waals surface area contributed by atoms with Crippen LogP contribution in [0.5, 0.6) is 0 Å². The normalized spacial score (nSPS) is 11.2. The first kappa shape index (κ1) is 12.9. The molecule has 0 atom stereocenters. The highest BCUT2D eigenvalue weighted by atomic mass is 14.6. The largest absolute Gasteiger partial charge is 0.256 e. The van der Waals surface area contributed by atoms with Gasteiger partial charge in [0.25, 0.3) is 0 Å². The number of fused-ring (bicyclic) bond motifs is 1. The zero-order valence-electron chi connectivity index (χ0n) is 12.0. The Morgan fingerprint density at radius 1 is 0.900 bits per heavy atom. The summed E-state index contributed by atoms with van der Waals surface area (Å²) in [5.41, 5.74) is 5.00. The zero-order valence-corrected chi connectivity index (χ0v) is 12.0. The number of hydrogen-bond donors (Lipinski definition) is 0. The Balaban J connectivity index is 2.14. The lowest BCUT2D eigenvalue weighted by molar-refractivity contribution is 0.650. The maximum absolute atomic E-state index is 4.48. The van der Waals surface area contributed by atoms with E-state index < -0.39 is 0 Å². The van der Waals surface area contributed by atoms with Crippen LogP contribution in [0.1, 0.15) is 19.4 Å². The van der Waals surface area contributed by atoms with Crippen LogP contribution in [0.3, 0.4) is 0 Å². The molecule has 1 heterocycles. The van der Waals surface area contributed by atoms with Gasteiger partial charge >= 0.3 is 0 Å². The van der Waals surface area contributed by atoms with Crippen molar-refractivity contribution in [2.45, 2.75) is 20.3 Å². The van der Waals surface area contributed by atoms with E-state index >= 15 is 0 Å². The van der Waals surface area contributed by atoms with Crippen LogP contribution >= 0.6 is 0 Å². The van der Waals surface area contributed by atoms with Crippen molar-refractivity contribution in [3.63, 3.8) is 0 Å². The summed E-state index contributed by atoms with van der Waals surface area (Å²) in [4.78, 5) is 4.48. The van der Waals surface area contributed by atoms with Crippen molar-refractivity contribution in [1.82, 2.24) is 4.98 Å². The molecule has 3 aromatic rings. The van der Waals surface area contributed by atoms with Crippen molar-refractivity contribution in [1.29, 1.82) is 0 Å². The predicted molar refractivity (Wildman–Crippen MR) is 85.7 cm³/mol. The first-order valence-electron chi connectivity index (χ1n) is 7.17. The molecule has 0 bridgehead atoms. The summed E-state index contributed by atoms with van der Waals surface area (Å²) in [5, 5.41) is 1.28. The zero-order chi connectivity index (χ0) is 13.9. The molecule has 0 fully saturated rings. The minimum absolute atomic E-state index is 0.654. The lowest BCUT2D eigenvalue weighted by atomic mass is 9.96. The molecule has 20 heavy (non-hydrogen) atoms. The molecule has 100 valence electrons. The second-order valence-electron chi connectivity index (χ2n) is 5.67. The van der Waals surface area contributed by atoms with Gasteiger partial charge in [-0.15, -0.1) is 0 Å². The molecule has 2 aromatic carbocycles. The molecule has 1 aromatic heterocycles. The van der Waals surface area contributed by atoms with Gasteiger partial charge in [0.05, 0.1) is 5.52 Å². The van der Waals surface area contributed by atoms with Crippen molar-refractivity contribution < 1.29 is 0 Å². The summed E-state index contributed by atoms with van der Waals surface area (Å²) in [7, 11) is 0. The Kier molecular flexibility index (Phi) is 3.51. The van der Waals surface area contributed by atoms with Gasteiger partial charge in [0.1, 0.15) is 0 Å². The van der Waals surface area contributed by atoms with Crippen molar-refractivity contribution in [3.8, 4) is 11.1 Å². The molecular formula is C19H19N. The molecule has 1 heteroatoms. The summed E-state index contributed by atoms with van der Waals surface area (Å²) < 4.78 is 0. The third-order valence-corrected chi connectivity index (χ3v) is 3.57. The summed E-state index contributed by atoms with van der Waals surface area (Å²) in [5.74, 6) is 0.654. The number of benzene rings is 2. The van der Waals surface area contributed by atoms with Crippen molar-refractivity contribution in [2.75, 3.05) is 0 Å². The monoisotopic (exact) mass is 261 g/mol. The van der Waals surface area contributed by atoms with E-state index in [1.165, 1.54) is 22.1 Å². The average molecular weight is 261 g/mol. The number of aromatic nitrogens is 1. The summed E-state index contributed by atoms with van der Waals surface area (Å²) in [6.45, 7) is 4.51. The van der Waals surface area contributed by atoms with Crippen LogP contribution in [0.15, 0.2) is 60.8 Å². The molecule has 1 nitrogen and oxygen atoms in total. The molecular weight excluding hydrogens is 242 g/mol. The first-order chi connectivity index (χ1) is 9.74. The van der Waals surface area contributed by atoms with E-state index in [4.69, 9.17) is 0 Å². The fourth-order valence-corrected chi connectivity index (χ4v) is 2.63. The van der Waals surface area contributed by atoms with Crippen LogP contribution < -0.4 is 0 Å². The van der Waals surface area contributed by atoms with Crippen LogP contribution in [0.4, 0.5) is 0 Å². The number of hydrogen-bond acceptors (Lipinski definition) is 1. The van der Waals surface area contributed by atoms with Gasteiger partial charge in [-0.25, -0.2) is 0 Å². The molecule has 0 spiro atoms. The number of nitrogens with zero attached hydrogens (tertiary/aromatic N) is 1. The van der Waals surface area contributed by atoms with E-state index in [0.29, 0.717) is 5.92 Å². The highest BCUT2D eigenvalue weighted by Crippen LogP contribution is 2.26. The highest BCUT2D eigenvalue weighted by molar-refractivity contribution is 5.87. The smallest absolute Gasteiger partial charge is 0.0705 e. The third-order valence-electron chi connectivity index (χ3n) is 3.57. The van der Waals surface area contributed by atoms with Gasteiger partial charge in [0.2, 0.25) is 0 Å². The van der Waals surface area contributed by atoms with Crippen LogP contribution in [-0.2, 0) is 6.42 Å². The van der Waals surface area contributed by atoms with Crippen molar-refractivity contribution >= 4 is 10.9 Å². The Morgan fingerprint density at radius 2 is 1.70 bits per heavy atom. The molecule has 0 N–H and O–H groups in total. The molecule has 0 unspecified atom stereocenters. The average Bonchev–Trinajstić information content (AvgIpc) is 2.47. The van der Waals surface area contributed by atoms with E-state index in [0.717, 1.165) is 11.9 Å². The minimum atomic E-state index is 0.654. The Hall–Kier alpha value is -2.15. The number of rotatable bonds is 3. The van der Waals surface area contributed by atoms with Gasteiger partial charge in [-0.2, -0.15) is 0 Å². The summed E-state index contributed by atoms with van der Waals surface area (Å²) in [6, 6.07) is 19.2. The van der Waals surface area contributed by atoms with E-state index in [1.807, 2.05) is 6.20 Å². The summed E-state index contributed by atoms with van der Waals surface area (Å²) in [6.07, 6.45) is 3.01. The molecule has 0 saturated carbocycles. The van der Waals surface area contributed by atoms with Gasteiger partial charge in [0, 0.05) is 11.6 Å². The van der Waals surface area contributed by atoms with Crippen molar-refractivity contribution in [3.05, 3.63) is 66.4 Å². The lowest BCUT2D eigenvalue weighted by Crippen LogP contribution is -1.96. The van der Waals surface area contributed by atoms with E-state index in [2.05, 4.69) is 73.4 Å². The maximum atomic E-state index is 4.48. The Labute approximate surface area is 120 Å². The van der Waals surface area contributed by atoms with E-state index in [-0.39, 0.29) is 0 Å². The van der Waals surface area contributed by atoms with E-state index in [1.54, 1.807) is 0 Å². The standard InChI is InChI=1S/C19H19N/c1-14(2)12-17-10-11-20-19-9-8-16(13-18(17)19)15-6-4-3-5-7-15/h3-11,13-14H,12H2,1-2H3. The predicted octanol–water partition coefficient (Wildman–Crippen LogP) is 5.10. The van der Waals surface area contributed by atoms with Crippen LogP contribution in [0.25, 0.3) is 22.0 Å². The SMILES string of the molecule is CC(C)Cc1ccnc2ccc(-c3ccccc3)cc12. The highest BCUT2D eigenvalue weighted by Gasteiger charge is 2.06. The van der Waals surface area contributed by atoms with Gasteiger partial charge in [-0.1, -0.05) is 50.2 Å². The van der Waals surface area contributed by atoms with Gasteiger partial charge < -0.3 is 0 Å². The molecule has 0 aliphatic heterocycles. The fraction of sp³-hybridized carbons (Fsp3) is 0.211. The quantitative estimate of drug-likeness (QED) is 0.639. The minimum Gasteiger partial charge on any atom is -0.256 e. The maximum Gasteiger partial charge on any atom is 0.0705 e. The molecule has 0 saturated heterocycles. The molecule has 0 amide bonds. The second-order valence-corrected chi connectivity index (χ2v) is 5.67. The Morgan fingerprint density at radius 3 is 2.45 bits per heavy atom. The molecule has 3 rings (SSSR count). The van der Waals surface area contributed by atoms with Gasteiger partial charge in [-0.05, 0) is 47.2 Å². The molecule has 0 radical (unpaired) electrons. The third kappa shape index (κ3) is 2.57. The fourth-order valence-electron chi connectivity index (χ4n) is 2.63. The molecule has 0 aliphatic carbocycles. The van der Waals surface area contributed by atoms with Crippen molar-refractivity contribution in [2.24, 2.45) is 5.92 Å².